The molecular weight excluding hydrogens is 335 g/mol. The average molecular weight is 351 g/mol. The summed E-state index contributed by atoms with van der Waals surface area (Å²) in [5.41, 5.74) is 0. The lowest BCUT2D eigenvalue weighted by atomic mass is 10.4. The van der Waals surface area contributed by atoms with Crippen molar-refractivity contribution in [1.29, 1.82) is 0 Å². The van der Waals surface area contributed by atoms with E-state index in [0.717, 1.165) is 30.4 Å². The third-order valence-electron chi connectivity index (χ3n) is 3.04. The van der Waals surface area contributed by atoms with Crippen LogP contribution in [0.4, 0.5) is 18.0 Å². The second-order valence-corrected chi connectivity index (χ2v) is 5.94. The van der Waals surface area contributed by atoms with Gasteiger partial charge in [-0.1, -0.05) is 11.8 Å². The molecule has 0 radical (unpaired) electrons. The summed E-state index contributed by atoms with van der Waals surface area (Å²) in [6.07, 6.45) is -2.38. The molecule has 0 aromatic carbocycles. The first-order valence-corrected chi connectivity index (χ1v) is 7.99. The largest absolute Gasteiger partial charge is 0.405 e. The normalized spacial score (nSPS) is 14.6. The first-order chi connectivity index (χ1) is 10.8. The number of nitrogens with zero attached hydrogens (tertiary/aromatic N) is 3. The fourth-order valence-corrected chi connectivity index (χ4v) is 2.67. The van der Waals surface area contributed by atoms with E-state index in [9.17, 15) is 22.8 Å². The number of urea groups is 1. The van der Waals surface area contributed by atoms with Crippen LogP contribution in [0.2, 0.25) is 0 Å². The average Bonchev–Trinajstić information content (AvgIpc) is 3.22. The number of hydrogen-bond acceptors (Lipinski definition) is 5. The van der Waals surface area contributed by atoms with Gasteiger partial charge in [0.1, 0.15) is 12.4 Å². The Balaban J connectivity index is 1.79. The van der Waals surface area contributed by atoms with E-state index in [1.165, 1.54) is 0 Å². The highest BCUT2D eigenvalue weighted by atomic mass is 32.2. The molecule has 2 N–H and O–H groups in total. The number of thioether (sulfide) groups is 1. The first kappa shape index (κ1) is 17.6. The molecule has 0 unspecified atom stereocenters. The van der Waals surface area contributed by atoms with Crippen LogP contribution in [0.15, 0.2) is 5.16 Å². The molecule has 1 fully saturated rings. The summed E-state index contributed by atoms with van der Waals surface area (Å²) < 4.78 is 37.7. The van der Waals surface area contributed by atoms with Gasteiger partial charge in [0.2, 0.25) is 5.91 Å². The SMILES string of the molecule is CCn1c(SCC(=O)NC(=O)NCC(F)(F)F)nnc1C1CC1. The van der Waals surface area contributed by atoms with Gasteiger partial charge in [-0.05, 0) is 19.8 Å². The van der Waals surface area contributed by atoms with Gasteiger partial charge < -0.3 is 9.88 Å². The summed E-state index contributed by atoms with van der Waals surface area (Å²) in [6.45, 7) is 1.10. The molecule has 1 aromatic rings. The summed E-state index contributed by atoms with van der Waals surface area (Å²) in [7, 11) is 0. The fraction of sp³-hybridized carbons (Fsp3) is 0.667. The lowest BCUT2D eigenvalue weighted by Gasteiger charge is -2.09. The Hall–Kier alpha value is -1.78. The molecule has 2 rings (SSSR count). The van der Waals surface area contributed by atoms with Gasteiger partial charge in [0.15, 0.2) is 5.16 Å². The van der Waals surface area contributed by atoms with Crippen molar-refractivity contribution >= 4 is 23.7 Å². The van der Waals surface area contributed by atoms with Crippen LogP contribution >= 0.6 is 11.8 Å². The Morgan fingerprint density at radius 2 is 2.04 bits per heavy atom. The van der Waals surface area contributed by atoms with E-state index in [2.05, 4.69) is 10.2 Å². The zero-order valence-corrected chi connectivity index (χ0v) is 13.1. The van der Waals surface area contributed by atoms with Gasteiger partial charge in [-0.3, -0.25) is 10.1 Å². The van der Waals surface area contributed by atoms with E-state index < -0.39 is 24.7 Å². The maximum absolute atomic E-state index is 11.9. The number of imide groups is 1. The van der Waals surface area contributed by atoms with E-state index in [1.807, 2.05) is 16.8 Å². The van der Waals surface area contributed by atoms with Crippen LogP contribution < -0.4 is 10.6 Å². The van der Waals surface area contributed by atoms with Gasteiger partial charge in [-0.15, -0.1) is 10.2 Å². The van der Waals surface area contributed by atoms with Gasteiger partial charge >= 0.3 is 12.2 Å². The van der Waals surface area contributed by atoms with E-state index in [1.54, 1.807) is 5.32 Å². The highest BCUT2D eigenvalue weighted by Gasteiger charge is 2.30. The summed E-state index contributed by atoms with van der Waals surface area (Å²) in [6, 6.07) is -1.18. The van der Waals surface area contributed by atoms with Crippen LogP contribution in [-0.2, 0) is 11.3 Å². The molecule has 1 heterocycles. The van der Waals surface area contributed by atoms with Crippen LogP contribution in [0.3, 0.4) is 0 Å². The number of nitrogens with one attached hydrogen (secondary N) is 2. The number of halogens is 3. The van der Waals surface area contributed by atoms with Crippen molar-refractivity contribution in [2.45, 2.75) is 43.6 Å². The van der Waals surface area contributed by atoms with Crippen molar-refractivity contribution in [2.75, 3.05) is 12.3 Å². The summed E-state index contributed by atoms with van der Waals surface area (Å²) in [5.74, 6) is 0.466. The van der Waals surface area contributed by atoms with Gasteiger partial charge in [0.05, 0.1) is 5.75 Å². The molecular formula is C12H16F3N5O2S. The standard InChI is InChI=1S/C12H16F3N5O2S/c1-2-20-9(7-3-4-7)18-19-11(20)23-5-8(21)17-10(22)16-6-12(13,14)15/h7H,2-6H2,1H3,(H2,16,17,21,22). The zero-order chi connectivity index (χ0) is 17.0. The number of alkyl halides is 3. The molecule has 23 heavy (non-hydrogen) atoms. The summed E-state index contributed by atoms with van der Waals surface area (Å²) in [4.78, 5) is 22.7. The first-order valence-electron chi connectivity index (χ1n) is 7.00. The van der Waals surface area contributed by atoms with E-state index in [0.29, 0.717) is 17.6 Å². The van der Waals surface area contributed by atoms with Crippen LogP contribution in [0, 0.1) is 0 Å². The van der Waals surface area contributed by atoms with Gasteiger partial charge in [-0.25, -0.2) is 4.79 Å². The fourth-order valence-electron chi connectivity index (χ4n) is 1.87. The van der Waals surface area contributed by atoms with Gasteiger partial charge in [0, 0.05) is 12.5 Å². The molecule has 0 aliphatic heterocycles. The molecule has 7 nitrogen and oxygen atoms in total. The minimum absolute atomic E-state index is 0.137. The third kappa shape index (κ3) is 5.41. The number of amides is 3. The van der Waals surface area contributed by atoms with Crippen molar-refractivity contribution in [3.05, 3.63) is 5.82 Å². The molecule has 0 spiro atoms. The quantitative estimate of drug-likeness (QED) is 0.761. The molecule has 0 atom stereocenters. The van der Waals surface area contributed by atoms with E-state index in [-0.39, 0.29) is 5.75 Å². The summed E-state index contributed by atoms with van der Waals surface area (Å²) >= 11 is 1.09. The molecule has 1 aliphatic carbocycles. The van der Waals surface area contributed by atoms with Crippen molar-refractivity contribution in [3.8, 4) is 0 Å². The number of carbonyl (C=O) groups is 2. The highest BCUT2D eigenvalue weighted by Crippen LogP contribution is 2.39. The van der Waals surface area contributed by atoms with Crippen molar-refractivity contribution in [2.24, 2.45) is 0 Å². The lowest BCUT2D eigenvalue weighted by molar-refractivity contribution is -0.124. The summed E-state index contributed by atoms with van der Waals surface area (Å²) in [5, 5.41) is 12.1. The third-order valence-corrected chi connectivity index (χ3v) is 4.01. The number of carbonyl (C=O) groups excluding carboxylic acids is 2. The molecule has 128 valence electrons. The second-order valence-electron chi connectivity index (χ2n) is 4.99. The Morgan fingerprint density at radius 3 is 2.61 bits per heavy atom. The Kier molecular flexibility index (Phi) is 5.50. The molecule has 0 saturated heterocycles. The Morgan fingerprint density at radius 1 is 1.35 bits per heavy atom. The minimum Gasteiger partial charge on any atom is -0.329 e. The van der Waals surface area contributed by atoms with Gasteiger partial charge in [0.25, 0.3) is 0 Å². The van der Waals surface area contributed by atoms with Crippen LogP contribution in [0.25, 0.3) is 0 Å². The number of hydrogen-bond donors (Lipinski definition) is 2. The predicted octanol–water partition coefficient (Wildman–Crippen LogP) is 1.66. The molecule has 1 aliphatic rings. The zero-order valence-electron chi connectivity index (χ0n) is 12.3. The van der Waals surface area contributed by atoms with E-state index >= 15 is 0 Å². The maximum Gasteiger partial charge on any atom is 0.405 e. The molecule has 0 bridgehead atoms. The maximum atomic E-state index is 11.9. The predicted molar refractivity (Wildman–Crippen MR) is 76.0 cm³/mol. The smallest absolute Gasteiger partial charge is 0.329 e. The monoisotopic (exact) mass is 351 g/mol. The van der Waals surface area contributed by atoms with Crippen molar-refractivity contribution in [3.63, 3.8) is 0 Å². The Labute approximate surface area is 134 Å². The topological polar surface area (TPSA) is 88.9 Å². The minimum atomic E-state index is -4.52. The highest BCUT2D eigenvalue weighted by molar-refractivity contribution is 7.99. The van der Waals surface area contributed by atoms with Crippen LogP contribution in [-0.4, -0.2) is 45.2 Å². The van der Waals surface area contributed by atoms with Gasteiger partial charge in [-0.2, -0.15) is 13.2 Å². The molecule has 1 aromatic heterocycles. The van der Waals surface area contributed by atoms with E-state index in [4.69, 9.17) is 0 Å². The number of rotatable bonds is 6. The second kappa shape index (κ2) is 7.20. The molecule has 3 amide bonds. The number of aromatic nitrogens is 3. The molecule has 11 heteroatoms. The lowest BCUT2D eigenvalue weighted by Crippen LogP contribution is -2.43. The van der Waals surface area contributed by atoms with Crippen LogP contribution in [0.5, 0.6) is 0 Å². The van der Waals surface area contributed by atoms with Crippen molar-refractivity contribution in [1.82, 2.24) is 25.4 Å². The van der Waals surface area contributed by atoms with Crippen LogP contribution in [0.1, 0.15) is 31.5 Å². The molecule has 1 saturated carbocycles. The Bertz CT molecular complexity index is 586. The van der Waals surface area contributed by atoms with Crippen molar-refractivity contribution < 1.29 is 22.8 Å².